The Balaban J connectivity index is 1.80. The smallest absolute Gasteiger partial charge is 0.309 e. The molecule has 0 aliphatic heterocycles. The van der Waals surface area contributed by atoms with Crippen molar-refractivity contribution in [2.45, 2.75) is 0 Å². The van der Waals surface area contributed by atoms with E-state index in [9.17, 15) is 4.79 Å². The molecule has 0 spiro atoms. The number of methoxy groups -OCH3 is 3. The average molecular weight is 390 g/mol. The van der Waals surface area contributed by atoms with Gasteiger partial charge in [0.2, 0.25) is 11.6 Å². The molecular formula is C17H16ClN5O4. The van der Waals surface area contributed by atoms with Gasteiger partial charge in [-0.05, 0) is 24.3 Å². The van der Waals surface area contributed by atoms with E-state index in [4.69, 9.17) is 25.8 Å². The fourth-order valence-electron chi connectivity index (χ4n) is 2.43. The molecule has 0 saturated heterocycles. The van der Waals surface area contributed by atoms with Crippen molar-refractivity contribution in [3.63, 3.8) is 0 Å². The Morgan fingerprint density at radius 1 is 1.19 bits per heavy atom. The Morgan fingerprint density at radius 2 is 1.89 bits per heavy atom. The molecule has 10 heteroatoms. The molecule has 0 bridgehead atoms. The summed E-state index contributed by atoms with van der Waals surface area (Å²) in [6.45, 7) is 0. The van der Waals surface area contributed by atoms with Gasteiger partial charge in [-0.15, -0.1) is 10.2 Å². The summed E-state index contributed by atoms with van der Waals surface area (Å²) in [5.74, 6) is 0.946. The number of rotatable bonds is 6. The van der Waals surface area contributed by atoms with Crippen molar-refractivity contribution in [1.29, 1.82) is 0 Å². The van der Waals surface area contributed by atoms with E-state index < -0.39 is 5.91 Å². The highest BCUT2D eigenvalue weighted by atomic mass is 35.5. The molecule has 0 unspecified atom stereocenters. The summed E-state index contributed by atoms with van der Waals surface area (Å²) >= 11 is 6.02. The van der Waals surface area contributed by atoms with Crippen LogP contribution >= 0.6 is 11.6 Å². The van der Waals surface area contributed by atoms with Gasteiger partial charge in [-0.1, -0.05) is 11.6 Å². The summed E-state index contributed by atoms with van der Waals surface area (Å²) in [4.78, 5) is 12.3. The highest BCUT2D eigenvalue weighted by Gasteiger charge is 2.15. The van der Waals surface area contributed by atoms with Crippen LogP contribution in [0, 0.1) is 0 Å². The van der Waals surface area contributed by atoms with Gasteiger partial charge in [0.15, 0.2) is 17.1 Å². The third kappa shape index (κ3) is 3.63. The highest BCUT2D eigenvalue weighted by Crippen LogP contribution is 2.37. The normalized spacial score (nSPS) is 11.0. The number of nitrogens with one attached hydrogen (secondary N) is 1. The number of fused-ring (bicyclic) bond motifs is 1. The zero-order valence-corrected chi connectivity index (χ0v) is 15.5. The number of hydrogen-bond donors (Lipinski definition) is 1. The Hall–Kier alpha value is -3.33. The first kappa shape index (κ1) is 18.5. The summed E-state index contributed by atoms with van der Waals surface area (Å²) in [6.07, 6.45) is 3.08. The fourth-order valence-corrected chi connectivity index (χ4v) is 2.63. The molecule has 0 aliphatic carbocycles. The van der Waals surface area contributed by atoms with E-state index >= 15 is 0 Å². The quantitative estimate of drug-likeness (QED) is 0.512. The molecule has 27 heavy (non-hydrogen) atoms. The maximum atomic E-state index is 12.3. The van der Waals surface area contributed by atoms with E-state index in [1.165, 1.54) is 31.9 Å². The topological polar surface area (TPSA) is 99.3 Å². The van der Waals surface area contributed by atoms with Crippen molar-refractivity contribution in [3.05, 3.63) is 46.9 Å². The van der Waals surface area contributed by atoms with Crippen molar-refractivity contribution in [2.24, 2.45) is 5.10 Å². The SMILES string of the molecule is COc1cc(C=NNC(=O)c2nnc3c(Cl)cccn23)cc(OC)c1OC. The van der Waals surface area contributed by atoms with Crippen LogP contribution in [0.1, 0.15) is 16.2 Å². The Labute approximate surface area is 159 Å². The number of benzene rings is 1. The van der Waals surface area contributed by atoms with Gasteiger partial charge in [0, 0.05) is 11.8 Å². The van der Waals surface area contributed by atoms with Crippen LogP contribution in [0.25, 0.3) is 5.65 Å². The summed E-state index contributed by atoms with van der Waals surface area (Å²) in [7, 11) is 4.55. The molecule has 1 aromatic carbocycles. The lowest BCUT2D eigenvalue weighted by Gasteiger charge is -2.12. The number of hydrazone groups is 1. The van der Waals surface area contributed by atoms with Crippen LogP contribution in [0.2, 0.25) is 5.02 Å². The zero-order chi connectivity index (χ0) is 19.4. The van der Waals surface area contributed by atoms with Crippen molar-refractivity contribution >= 4 is 29.4 Å². The minimum atomic E-state index is -0.534. The minimum absolute atomic E-state index is 0.0644. The fraction of sp³-hybridized carbons (Fsp3) is 0.176. The first-order valence-electron chi connectivity index (χ1n) is 7.71. The largest absolute Gasteiger partial charge is 0.493 e. The lowest BCUT2D eigenvalue weighted by molar-refractivity contribution is 0.0943. The lowest BCUT2D eigenvalue weighted by atomic mass is 10.2. The van der Waals surface area contributed by atoms with Gasteiger partial charge < -0.3 is 14.2 Å². The molecule has 0 fully saturated rings. The van der Waals surface area contributed by atoms with E-state index in [0.717, 1.165) is 0 Å². The maximum Gasteiger partial charge on any atom is 0.309 e. The van der Waals surface area contributed by atoms with Crippen LogP contribution in [0.3, 0.4) is 0 Å². The van der Waals surface area contributed by atoms with Crippen LogP contribution in [0.5, 0.6) is 17.2 Å². The molecule has 9 nitrogen and oxygen atoms in total. The number of nitrogens with zero attached hydrogens (tertiary/aromatic N) is 4. The van der Waals surface area contributed by atoms with E-state index in [1.807, 2.05) is 0 Å². The molecule has 3 aromatic rings. The van der Waals surface area contributed by atoms with Crippen LogP contribution in [-0.4, -0.2) is 48.0 Å². The molecular weight excluding hydrogens is 374 g/mol. The summed E-state index contributed by atoms with van der Waals surface area (Å²) in [6, 6.07) is 6.75. The highest BCUT2D eigenvalue weighted by molar-refractivity contribution is 6.33. The summed E-state index contributed by atoms with van der Waals surface area (Å²) < 4.78 is 17.3. The Bertz CT molecular complexity index is 993. The van der Waals surface area contributed by atoms with Gasteiger partial charge in [0.05, 0.1) is 32.6 Å². The number of ether oxygens (including phenoxy) is 3. The second-order valence-corrected chi connectivity index (χ2v) is 5.64. The number of carbonyl (C=O) groups excluding carboxylic acids is 1. The molecule has 0 aliphatic rings. The standard InChI is InChI=1S/C17H16ClN5O4/c1-25-12-7-10(8-13(26-2)14(12)27-3)9-19-22-17(24)16-21-20-15-11(18)5-4-6-23(15)16/h4-9H,1-3H3,(H,22,24). The Kier molecular flexibility index (Phi) is 5.41. The second-order valence-electron chi connectivity index (χ2n) is 5.23. The van der Waals surface area contributed by atoms with Crippen molar-refractivity contribution in [3.8, 4) is 17.2 Å². The number of aromatic nitrogens is 3. The van der Waals surface area contributed by atoms with Crippen LogP contribution in [-0.2, 0) is 0 Å². The molecule has 0 radical (unpaired) electrons. The number of halogens is 1. The predicted octanol–water partition coefficient (Wildman–Crippen LogP) is 2.17. The van der Waals surface area contributed by atoms with Crippen LogP contribution in [0.4, 0.5) is 0 Å². The number of hydrogen-bond acceptors (Lipinski definition) is 7. The predicted molar refractivity (Wildman–Crippen MR) is 99.2 cm³/mol. The molecule has 0 atom stereocenters. The van der Waals surface area contributed by atoms with Gasteiger partial charge in [0.25, 0.3) is 0 Å². The van der Waals surface area contributed by atoms with E-state index in [0.29, 0.717) is 33.5 Å². The van der Waals surface area contributed by atoms with Crippen molar-refractivity contribution in [2.75, 3.05) is 21.3 Å². The molecule has 140 valence electrons. The third-order valence-electron chi connectivity index (χ3n) is 3.66. The van der Waals surface area contributed by atoms with E-state index in [1.54, 1.807) is 30.5 Å². The third-order valence-corrected chi connectivity index (χ3v) is 3.95. The number of pyridine rings is 1. The van der Waals surface area contributed by atoms with Gasteiger partial charge in [-0.3, -0.25) is 9.20 Å². The lowest BCUT2D eigenvalue weighted by Crippen LogP contribution is -2.20. The van der Waals surface area contributed by atoms with Gasteiger partial charge in [-0.25, -0.2) is 5.43 Å². The monoisotopic (exact) mass is 389 g/mol. The first-order valence-corrected chi connectivity index (χ1v) is 8.09. The van der Waals surface area contributed by atoms with Crippen LogP contribution in [0.15, 0.2) is 35.6 Å². The van der Waals surface area contributed by atoms with Gasteiger partial charge >= 0.3 is 5.91 Å². The molecule has 2 aromatic heterocycles. The first-order chi connectivity index (χ1) is 13.1. The van der Waals surface area contributed by atoms with Gasteiger partial charge in [-0.2, -0.15) is 5.10 Å². The van der Waals surface area contributed by atoms with Crippen LogP contribution < -0.4 is 19.6 Å². The Morgan fingerprint density at radius 3 is 2.52 bits per heavy atom. The summed E-state index contributed by atoms with van der Waals surface area (Å²) in [5.41, 5.74) is 3.42. The molecule has 2 heterocycles. The van der Waals surface area contributed by atoms with E-state index in [-0.39, 0.29) is 5.82 Å². The van der Waals surface area contributed by atoms with E-state index in [2.05, 4.69) is 20.7 Å². The summed E-state index contributed by atoms with van der Waals surface area (Å²) in [5, 5.41) is 12.1. The van der Waals surface area contributed by atoms with Gasteiger partial charge in [0.1, 0.15) is 0 Å². The van der Waals surface area contributed by atoms with Crippen molar-refractivity contribution < 1.29 is 19.0 Å². The average Bonchev–Trinajstić information content (AvgIpc) is 3.12. The zero-order valence-electron chi connectivity index (χ0n) is 14.8. The molecule has 1 amide bonds. The molecule has 3 rings (SSSR count). The molecule has 0 saturated carbocycles. The molecule has 1 N–H and O–H groups in total. The maximum absolute atomic E-state index is 12.3. The number of amides is 1. The number of carbonyl (C=O) groups is 1. The second kappa shape index (κ2) is 7.92. The minimum Gasteiger partial charge on any atom is -0.493 e. The van der Waals surface area contributed by atoms with Crippen molar-refractivity contribution in [1.82, 2.24) is 20.0 Å².